The molecule has 90 valence electrons. The standard InChI is InChI=1S/C14H18N2S/c1-3-15-14(9-12-5-7-17-10-12)13-4-6-16-11(2)8-13/h4-8,10,14-15H,3,9H2,1-2H3. The topological polar surface area (TPSA) is 24.9 Å². The number of hydrogen-bond donors (Lipinski definition) is 1. The Balaban J connectivity index is 2.16. The maximum Gasteiger partial charge on any atom is 0.0375 e. The Morgan fingerprint density at radius 2 is 2.29 bits per heavy atom. The minimum absolute atomic E-state index is 0.385. The van der Waals surface area contributed by atoms with E-state index in [0.717, 1.165) is 18.7 Å². The van der Waals surface area contributed by atoms with Crippen LogP contribution in [0.25, 0.3) is 0 Å². The van der Waals surface area contributed by atoms with Crippen LogP contribution in [0, 0.1) is 6.92 Å². The van der Waals surface area contributed by atoms with Gasteiger partial charge in [0.1, 0.15) is 0 Å². The minimum Gasteiger partial charge on any atom is -0.310 e. The molecule has 2 rings (SSSR count). The molecular weight excluding hydrogens is 228 g/mol. The fourth-order valence-electron chi connectivity index (χ4n) is 1.98. The number of pyridine rings is 1. The average Bonchev–Trinajstić information content (AvgIpc) is 2.81. The van der Waals surface area contributed by atoms with Gasteiger partial charge in [0, 0.05) is 17.9 Å². The van der Waals surface area contributed by atoms with Gasteiger partial charge >= 0.3 is 0 Å². The molecule has 1 unspecified atom stereocenters. The van der Waals surface area contributed by atoms with Gasteiger partial charge in [-0.2, -0.15) is 11.3 Å². The molecule has 0 aromatic carbocycles. The number of likely N-dealkylation sites (N-methyl/N-ethyl adjacent to an activating group) is 1. The van der Waals surface area contributed by atoms with Crippen molar-refractivity contribution < 1.29 is 0 Å². The molecule has 2 aromatic heterocycles. The molecule has 0 spiro atoms. The minimum atomic E-state index is 0.385. The Morgan fingerprint density at radius 1 is 1.41 bits per heavy atom. The van der Waals surface area contributed by atoms with Crippen LogP contribution in [0.4, 0.5) is 0 Å². The summed E-state index contributed by atoms with van der Waals surface area (Å²) in [6, 6.07) is 6.85. The van der Waals surface area contributed by atoms with Crippen LogP contribution in [0.1, 0.15) is 29.8 Å². The third-order valence-electron chi connectivity index (χ3n) is 2.79. The van der Waals surface area contributed by atoms with E-state index in [1.807, 2.05) is 13.1 Å². The van der Waals surface area contributed by atoms with Crippen molar-refractivity contribution in [3.05, 3.63) is 52.0 Å². The maximum atomic E-state index is 4.25. The van der Waals surface area contributed by atoms with Gasteiger partial charge in [-0.1, -0.05) is 6.92 Å². The van der Waals surface area contributed by atoms with Crippen molar-refractivity contribution >= 4 is 11.3 Å². The zero-order chi connectivity index (χ0) is 12.1. The average molecular weight is 246 g/mol. The fraction of sp³-hybridized carbons (Fsp3) is 0.357. The smallest absolute Gasteiger partial charge is 0.0375 e. The lowest BCUT2D eigenvalue weighted by atomic mass is 10.0. The lowest BCUT2D eigenvalue weighted by Crippen LogP contribution is -2.22. The first-order chi connectivity index (χ1) is 8.29. The third kappa shape index (κ3) is 3.38. The monoisotopic (exact) mass is 246 g/mol. The summed E-state index contributed by atoms with van der Waals surface area (Å²) in [6.07, 6.45) is 2.93. The van der Waals surface area contributed by atoms with E-state index in [4.69, 9.17) is 0 Å². The highest BCUT2D eigenvalue weighted by Gasteiger charge is 2.11. The largest absolute Gasteiger partial charge is 0.310 e. The molecule has 0 bridgehead atoms. The second-order valence-corrected chi connectivity index (χ2v) is 4.96. The quantitative estimate of drug-likeness (QED) is 0.875. The summed E-state index contributed by atoms with van der Waals surface area (Å²) in [5.41, 5.74) is 3.80. The summed E-state index contributed by atoms with van der Waals surface area (Å²) in [5.74, 6) is 0. The summed E-state index contributed by atoms with van der Waals surface area (Å²) < 4.78 is 0. The van der Waals surface area contributed by atoms with E-state index in [1.165, 1.54) is 11.1 Å². The number of nitrogens with one attached hydrogen (secondary N) is 1. The summed E-state index contributed by atoms with van der Waals surface area (Å²) in [7, 11) is 0. The molecular formula is C14H18N2S. The van der Waals surface area contributed by atoms with Crippen LogP contribution < -0.4 is 5.32 Å². The SMILES string of the molecule is CCNC(Cc1ccsc1)c1ccnc(C)c1. The van der Waals surface area contributed by atoms with E-state index in [-0.39, 0.29) is 0 Å². The molecule has 1 N–H and O–H groups in total. The van der Waals surface area contributed by atoms with Crippen molar-refractivity contribution in [3.8, 4) is 0 Å². The number of thiophene rings is 1. The predicted octanol–water partition coefficient (Wildman–Crippen LogP) is 3.34. The van der Waals surface area contributed by atoms with E-state index in [9.17, 15) is 0 Å². The van der Waals surface area contributed by atoms with Crippen LogP contribution in [0.15, 0.2) is 35.2 Å². The van der Waals surface area contributed by atoms with E-state index in [2.05, 4.69) is 46.2 Å². The highest BCUT2D eigenvalue weighted by molar-refractivity contribution is 7.07. The van der Waals surface area contributed by atoms with Gasteiger partial charge in [0.25, 0.3) is 0 Å². The van der Waals surface area contributed by atoms with Crippen LogP contribution in [-0.4, -0.2) is 11.5 Å². The second-order valence-electron chi connectivity index (χ2n) is 4.18. The molecule has 0 fully saturated rings. The van der Waals surface area contributed by atoms with Gasteiger partial charge in [0.2, 0.25) is 0 Å². The van der Waals surface area contributed by atoms with Crippen LogP contribution in [-0.2, 0) is 6.42 Å². The molecule has 17 heavy (non-hydrogen) atoms. The van der Waals surface area contributed by atoms with Gasteiger partial charge in [-0.25, -0.2) is 0 Å². The molecule has 0 amide bonds. The molecule has 2 aromatic rings. The molecule has 3 heteroatoms. The number of nitrogens with zero attached hydrogens (tertiary/aromatic N) is 1. The van der Waals surface area contributed by atoms with Crippen molar-refractivity contribution in [2.45, 2.75) is 26.3 Å². The van der Waals surface area contributed by atoms with Crippen molar-refractivity contribution in [1.82, 2.24) is 10.3 Å². The lowest BCUT2D eigenvalue weighted by Gasteiger charge is -2.18. The first-order valence-corrected chi connectivity index (χ1v) is 6.91. The number of hydrogen-bond acceptors (Lipinski definition) is 3. The number of rotatable bonds is 5. The Morgan fingerprint density at radius 3 is 2.94 bits per heavy atom. The lowest BCUT2D eigenvalue weighted by molar-refractivity contribution is 0.549. The van der Waals surface area contributed by atoms with E-state index in [0.29, 0.717) is 6.04 Å². The molecule has 0 aliphatic rings. The van der Waals surface area contributed by atoms with E-state index < -0.39 is 0 Å². The van der Waals surface area contributed by atoms with Crippen molar-refractivity contribution in [3.63, 3.8) is 0 Å². The number of aryl methyl sites for hydroxylation is 1. The van der Waals surface area contributed by atoms with Gasteiger partial charge in [-0.15, -0.1) is 0 Å². The molecule has 1 atom stereocenters. The highest BCUT2D eigenvalue weighted by Crippen LogP contribution is 2.20. The summed E-state index contributed by atoms with van der Waals surface area (Å²) >= 11 is 1.76. The van der Waals surface area contributed by atoms with Gasteiger partial charge in [0.05, 0.1) is 0 Å². The third-order valence-corrected chi connectivity index (χ3v) is 3.53. The Labute approximate surface area is 107 Å². The second kappa shape index (κ2) is 5.94. The van der Waals surface area contributed by atoms with Crippen LogP contribution in [0.3, 0.4) is 0 Å². The Hall–Kier alpha value is -1.19. The van der Waals surface area contributed by atoms with Crippen molar-refractivity contribution in [2.24, 2.45) is 0 Å². The van der Waals surface area contributed by atoms with Gasteiger partial charge in [0.15, 0.2) is 0 Å². The Kier molecular flexibility index (Phi) is 4.29. The van der Waals surface area contributed by atoms with Crippen LogP contribution in [0.5, 0.6) is 0 Å². The first-order valence-electron chi connectivity index (χ1n) is 5.96. The zero-order valence-corrected chi connectivity index (χ0v) is 11.1. The van der Waals surface area contributed by atoms with Crippen molar-refractivity contribution in [2.75, 3.05) is 6.54 Å². The molecule has 2 heterocycles. The van der Waals surface area contributed by atoms with Crippen LogP contribution in [0.2, 0.25) is 0 Å². The molecule has 0 aliphatic carbocycles. The molecule has 0 saturated carbocycles. The normalized spacial score (nSPS) is 12.6. The summed E-state index contributed by atoms with van der Waals surface area (Å²) in [6.45, 7) is 5.17. The Bertz CT molecular complexity index is 451. The number of aromatic nitrogens is 1. The van der Waals surface area contributed by atoms with Gasteiger partial charge in [-0.3, -0.25) is 4.98 Å². The molecule has 2 nitrogen and oxygen atoms in total. The molecule has 0 saturated heterocycles. The van der Waals surface area contributed by atoms with E-state index in [1.54, 1.807) is 11.3 Å². The molecule has 0 aliphatic heterocycles. The van der Waals surface area contributed by atoms with Gasteiger partial charge in [-0.05, 0) is 60.0 Å². The molecule has 0 radical (unpaired) electrons. The van der Waals surface area contributed by atoms with E-state index >= 15 is 0 Å². The summed E-state index contributed by atoms with van der Waals surface area (Å²) in [4.78, 5) is 4.25. The van der Waals surface area contributed by atoms with Crippen LogP contribution >= 0.6 is 11.3 Å². The zero-order valence-electron chi connectivity index (χ0n) is 10.3. The fourth-order valence-corrected chi connectivity index (χ4v) is 2.66. The van der Waals surface area contributed by atoms with Crippen molar-refractivity contribution in [1.29, 1.82) is 0 Å². The first kappa shape index (κ1) is 12.3. The summed E-state index contributed by atoms with van der Waals surface area (Å²) in [5, 5.41) is 7.90. The maximum absolute atomic E-state index is 4.25. The highest BCUT2D eigenvalue weighted by atomic mass is 32.1. The van der Waals surface area contributed by atoms with Gasteiger partial charge < -0.3 is 5.32 Å². The predicted molar refractivity (Wildman–Crippen MR) is 73.4 cm³/mol.